The second-order valence-electron chi connectivity index (χ2n) is 5.19. The molecule has 0 amide bonds. The van der Waals surface area contributed by atoms with Gasteiger partial charge >= 0.3 is 136 Å². The SMILES string of the molecule is COc1ccc(-c2cccc(-c3ccc(OC)cc3)[se+]2)cc1.[O-][Cl+3]([O-])([O-])[O-]. The Kier molecular flexibility index (Phi) is 7.77. The van der Waals surface area contributed by atoms with Crippen LogP contribution < -0.4 is 28.1 Å². The van der Waals surface area contributed by atoms with E-state index in [1.54, 1.807) is 14.2 Å². The van der Waals surface area contributed by atoms with Crippen molar-refractivity contribution in [3.63, 3.8) is 0 Å². The van der Waals surface area contributed by atoms with Gasteiger partial charge in [-0.1, -0.05) is 0 Å². The average molecular weight is 456 g/mol. The minimum atomic E-state index is -4.94. The van der Waals surface area contributed by atoms with Gasteiger partial charge < -0.3 is 0 Å². The molecule has 0 saturated heterocycles. The molecule has 1 heterocycles. The first-order valence-corrected chi connectivity index (χ1v) is 10.6. The van der Waals surface area contributed by atoms with Crippen molar-refractivity contribution < 1.29 is 38.4 Å². The van der Waals surface area contributed by atoms with E-state index < -0.39 is 10.2 Å². The Labute approximate surface area is 165 Å². The predicted molar refractivity (Wildman–Crippen MR) is 91.8 cm³/mol. The van der Waals surface area contributed by atoms with Crippen molar-refractivity contribution in [3.8, 4) is 31.5 Å². The van der Waals surface area contributed by atoms with Crippen LogP contribution in [-0.4, -0.2) is 28.7 Å². The van der Waals surface area contributed by atoms with Gasteiger partial charge in [0, 0.05) is 0 Å². The van der Waals surface area contributed by atoms with Gasteiger partial charge in [-0.15, -0.1) is 10.2 Å². The zero-order valence-corrected chi connectivity index (χ0v) is 17.1. The van der Waals surface area contributed by atoms with E-state index in [0.29, 0.717) is 0 Å². The summed E-state index contributed by atoms with van der Waals surface area (Å²) in [4.78, 5) is 0. The number of ether oxygens (including phenoxy) is 2. The fraction of sp³-hybridized carbons (Fsp3) is 0.105. The predicted octanol–water partition coefficient (Wildman–Crippen LogP) is -0.380. The molecule has 0 aliphatic carbocycles. The fourth-order valence-corrected chi connectivity index (χ4v) is 4.41. The van der Waals surface area contributed by atoms with Crippen LogP contribution in [-0.2, 0) is 0 Å². The Hall–Kier alpha value is -1.96. The molecule has 0 aliphatic rings. The second-order valence-corrected chi connectivity index (χ2v) is 8.22. The molecule has 0 bridgehead atoms. The molecule has 0 radical (unpaired) electrons. The first-order valence-electron chi connectivity index (χ1n) is 7.64. The molecule has 0 atom stereocenters. The van der Waals surface area contributed by atoms with Crippen LogP contribution in [0.4, 0.5) is 0 Å². The summed E-state index contributed by atoms with van der Waals surface area (Å²) in [6.45, 7) is 0. The standard InChI is InChI=1S/C19H17O2Se.ClHO4/c1-20-16-10-6-14(7-11-16)18-4-3-5-19(22-18)15-8-12-17(21-2)13-9-15;2-1(3,4)5/h3-13H,1-2H3;(H,2,3,4,5)/q+1;/p-1. The van der Waals surface area contributed by atoms with Gasteiger partial charge in [0.25, 0.3) is 0 Å². The summed E-state index contributed by atoms with van der Waals surface area (Å²) in [6, 6.07) is 23.1. The summed E-state index contributed by atoms with van der Waals surface area (Å²) in [5, 5.41) is 0. The molecule has 0 spiro atoms. The quantitative estimate of drug-likeness (QED) is 0.496. The summed E-state index contributed by atoms with van der Waals surface area (Å²) in [5.74, 6) is 1.78. The van der Waals surface area contributed by atoms with E-state index in [2.05, 4.69) is 42.5 Å². The van der Waals surface area contributed by atoms with Crippen molar-refractivity contribution in [2.75, 3.05) is 14.2 Å². The van der Waals surface area contributed by atoms with Crippen LogP contribution in [0.3, 0.4) is 0 Å². The van der Waals surface area contributed by atoms with Crippen LogP contribution in [0.1, 0.15) is 0 Å². The van der Waals surface area contributed by atoms with Crippen molar-refractivity contribution in [2.24, 2.45) is 0 Å². The number of benzene rings is 2. The molecule has 0 unspecified atom stereocenters. The van der Waals surface area contributed by atoms with Crippen LogP contribution >= 0.6 is 0 Å². The Bertz CT molecular complexity index is 779. The smallest absolute Gasteiger partial charge is 0.112 e. The van der Waals surface area contributed by atoms with Gasteiger partial charge in [-0.3, -0.25) is 0 Å². The van der Waals surface area contributed by atoms with Gasteiger partial charge in [0.05, 0.1) is 0 Å². The van der Waals surface area contributed by atoms with E-state index in [-0.39, 0.29) is 14.5 Å². The molecule has 3 aromatic rings. The number of methoxy groups -OCH3 is 2. The summed E-state index contributed by atoms with van der Waals surface area (Å²) in [7, 11) is -1.56. The molecular formula is C19H17ClO6Se. The zero-order valence-electron chi connectivity index (χ0n) is 14.6. The van der Waals surface area contributed by atoms with Gasteiger partial charge in [-0.05, 0) is 0 Å². The number of hydrogen-bond acceptors (Lipinski definition) is 6. The Morgan fingerprint density at radius 2 is 0.963 bits per heavy atom. The Balaban J connectivity index is 0.000000465. The molecule has 8 heteroatoms. The molecule has 2 aromatic carbocycles. The summed E-state index contributed by atoms with van der Waals surface area (Å²) in [5.41, 5.74) is 2.52. The molecule has 27 heavy (non-hydrogen) atoms. The van der Waals surface area contributed by atoms with E-state index >= 15 is 0 Å². The van der Waals surface area contributed by atoms with E-state index in [1.807, 2.05) is 24.3 Å². The van der Waals surface area contributed by atoms with Crippen molar-refractivity contribution in [3.05, 3.63) is 66.7 Å². The third kappa shape index (κ3) is 7.28. The van der Waals surface area contributed by atoms with Crippen molar-refractivity contribution in [2.45, 2.75) is 0 Å². The third-order valence-electron chi connectivity index (χ3n) is 3.46. The van der Waals surface area contributed by atoms with Crippen LogP contribution in [0.2, 0.25) is 0 Å². The zero-order chi connectivity index (χ0) is 19.9. The van der Waals surface area contributed by atoms with Crippen LogP contribution in [0.25, 0.3) is 20.0 Å². The molecule has 0 saturated carbocycles. The van der Waals surface area contributed by atoms with Gasteiger partial charge in [0.1, 0.15) is 0 Å². The second kappa shape index (κ2) is 9.82. The number of rotatable bonds is 4. The molecule has 6 nitrogen and oxygen atoms in total. The minimum Gasteiger partial charge on any atom is -0.222 e. The van der Waals surface area contributed by atoms with Crippen molar-refractivity contribution in [1.82, 2.24) is 0 Å². The monoisotopic (exact) mass is 456 g/mol. The van der Waals surface area contributed by atoms with E-state index in [0.717, 1.165) is 11.5 Å². The third-order valence-corrected chi connectivity index (χ3v) is 5.95. The topological polar surface area (TPSA) is 111 Å². The summed E-state index contributed by atoms with van der Waals surface area (Å²) < 4.78 is 47.2. The van der Waals surface area contributed by atoms with Crippen LogP contribution in [0.15, 0.2) is 66.7 Å². The van der Waals surface area contributed by atoms with E-state index in [1.165, 1.54) is 20.0 Å². The average Bonchev–Trinajstić information content (AvgIpc) is 2.67. The molecule has 0 aliphatic heterocycles. The summed E-state index contributed by atoms with van der Waals surface area (Å²) >= 11 is 0.290. The van der Waals surface area contributed by atoms with Gasteiger partial charge in [-0.2, -0.15) is 0 Å². The normalized spacial score (nSPS) is 10.6. The molecule has 0 fully saturated rings. The molecule has 0 N–H and O–H groups in total. The number of hydrogen-bond donors (Lipinski definition) is 0. The van der Waals surface area contributed by atoms with Crippen LogP contribution in [0.5, 0.6) is 11.5 Å². The fourth-order valence-electron chi connectivity index (χ4n) is 2.23. The minimum absolute atomic E-state index is 0.290. The molecule has 3 rings (SSSR count). The summed E-state index contributed by atoms with van der Waals surface area (Å²) in [6.07, 6.45) is 0. The number of halogens is 1. The van der Waals surface area contributed by atoms with Crippen molar-refractivity contribution in [1.29, 1.82) is 0 Å². The maximum atomic E-state index is 8.49. The van der Waals surface area contributed by atoms with Gasteiger partial charge in [0.15, 0.2) is 0 Å². The molecule has 142 valence electrons. The molecular weight excluding hydrogens is 439 g/mol. The van der Waals surface area contributed by atoms with Crippen molar-refractivity contribution >= 4 is 14.5 Å². The molecule has 1 aromatic heterocycles. The Morgan fingerprint density at radius 3 is 1.26 bits per heavy atom. The maximum absolute atomic E-state index is 8.49. The maximum Gasteiger partial charge on any atom is -0.112 e. The largest absolute Gasteiger partial charge is 0.222 e. The van der Waals surface area contributed by atoms with Gasteiger partial charge in [-0.25, -0.2) is 18.6 Å². The Morgan fingerprint density at radius 1 is 0.630 bits per heavy atom. The first-order chi connectivity index (χ1) is 12.8. The van der Waals surface area contributed by atoms with Crippen LogP contribution in [0, 0.1) is 10.2 Å². The van der Waals surface area contributed by atoms with Gasteiger partial charge in [0.2, 0.25) is 0 Å². The first kappa shape index (κ1) is 21.3. The van der Waals surface area contributed by atoms with E-state index in [4.69, 9.17) is 28.1 Å². The van der Waals surface area contributed by atoms with E-state index in [9.17, 15) is 0 Å².